The molecule has 0 spiro atoms. The lowest BCUT2D eigenvalue weighted by molar-refractivity contribution is 0.0370. The fourth-order valence-corrected chi connectivity index (χ4v) is 10.3. The summed E-state index contributed by atoms with van der Waals surface area (Å²) < 4.78 is 63.2. The van der Waals surface area contributed by atoms with Crippen LogP contribution in [-0.2, 0) is 37.6 Å². The minimum atomic E-state index is -4.56. The summed E-state index contributed by atoms with van der Waals surface area (Å²) in [6.07, 6.45) is 8.97. The van der Waals surface area contributed by atoms with Crippen LogP contribution in [0.2, 0.25) is 0 Å². The molecule has 2 amide bonds. The van der Waals surface area contributed by atoms with Gasteiger partial charge in [0, 0.05) is 73.6 Å². The third kappa shape index (κ3) is 10.2. The number of pyridine rings is 1. The summed E-state index contributed by atoms with van der Waals surface area (Å²) in [5.74, 6) is 0.0898. The van der Waals surface area contributed by atoms with Crippen LogP contribution < -0.4 is 20.3 Å². The average molecular weight is 896 g/mol. The van der Waals surface area contributed by atoms with Gasteiger partial charge in [-0.2, -0.15) is 0 Å². The third-order valence-corrected chi connectivity index (χ3v) is 14.3. The van der Waals surface area contributed by atoms with E-state index in [9.17, 15) is 26.4 Å². The molecule has 3 aromatic heterocycles. The normalized spacial score (nSPS) is 15.1. The summed E-state index contributed by atoms with van der Waals surface area (Å²) in [5, 5.41) is 6.27. The largest absolute Gasteiger partial charge is 0.380 e. The Kier molecular flexibility index (Phi) is 12.9. The van der Waals surface area contributed by atoms with Crippen LogP contribution in [0.1, 0.15) is 38.4 Å². The van der Waals surface area contributed by atoms with E-state index in [-0.39, 0.29) is 28.2 Å². The Hall–Kier alpha value is -5.86. The monoisotopic (exact) mass is 895 g/mol. The molecule has 1 saturated heterocycles. The Balaban J connectivity index is 0.965. The van der Waals surface area contributed by atoms with E-state index >= 15 is 0 Å². The number of benzene rings is 3. The van der Waals surface area contributed by atoms with Crippen molar-refractivity contribution in [1.29, 1.82) is 0 Å². The highest BCUT2D eigenvalue weighted by molar-refractivity contribution is 7.99. The van der Waals surface area contributed by atoms with Crippen molar-refractivity contribution in [2.75, 3.05) is 66.9 Å². The van der Waals surface area contributed by atoms with Gasteiger partial charge in [0.25, 0.3) is 21.8 Å². The van der Waals surface area contributed by atoms with E-state index in [4.69, 9.17) is 4.74 Å². The first kappa shape index (κ1) is 42.8. The lowest BCUT2D eigenvalue weighted by Gasteiger charge is -2.31. The first-order valence-electron chi connectivity index (χ1n) is 20.0. The molecule has 5 heterocycles. The lowest BCUT2D eigenvalue weighted by atomic mass is 9.94. The maximum atomic E-state index is 13.7. The van der Waals surface area contributed by atoms with Gasteiger partial charge in [0.15, 0.2) is 21.3 Å². The smallest absolute Gasteiger partial charge is 0.283 e. The van der Waals surface area contributed by atoms with Crippen molar-refractivity contribution in [2.24, 2.45) is 0 Å². The second-order valence-corrected chi connectivity index (χ2v) is 19.8. The van der Waals surface area contributed by atoms with E-state index in [0.29, 0.717) is 67.7 Å². The van der Waals surface area contributed by atoms with Gasteiger partial charge in [-0.05, 0) is 72.5 Å². The van der Waals surface area contributed by atoms with E-state index < -0.39 is 30.7 Å². The van der Waals surface area contributed by atoms with Crippen molar-refractivity contribution in [3.05, 3.63) is 132 Å². The molecule has 8 rings (SSSR count). The van der Waals surface area contributed by atoms with Crippen molar-refractivity contribution in [2.45, 2.75) is 40.1 Å². The molecule has 2 aliphatic rings. The number of hydrogen-bond donors (Lipinski definition) is 3. The number of sulfone groups is 1. The summed E-state index contributed by atoms with van der Waals surface area (Å²) in [4.78, 5) is 44.8. The summed E-state index contributed by atoms with van der Waals surface area (Å²) in [6, 6.07) is 23.8. The summed E-state index contributed by atoms with van der Waals surface area (Å²) in [5.41, 5.74) is 2.95. The van der Waals surface area contributed by atoms with Crippen molar-refractivity contribution >= 4 is 66.4 Å². The number of aromatic nitrogens is 4. The molecule has 1 atom stereocenters. The molecule has 0 saturated carbocycles. The number of ether oxygens (including phenoxy) is 1. The van der Waals surface area contributed by atoms with E-state index in [1.54, 1.807) is 59.1 Å². The number of nitrogens with one attached hydrogen (secondary N) is 3. The highest BCUT2D eigenvalue weighted by Gasteiger charge is 2.27. The maximum Gasteiger partial charge on any atom is 0.283 e. The first-order chi connectivity index (χ1) is 29.9. The van der Waals surface area contributed by atoms with Crippen molar-refractivity contribution in [3.8, 4) is 0 Å². The summed E-state index contributed by atoms with van der Waals surface area (Å²) in [6.45, 7) is 4.53. The zero-order chi connectivity index (χ0) is 43.3. The molecule has 6 aromatic rings. The Morgan fingerprint density at radius 2 is 1.71 bits per heavy atom. The van der Waals surface area contributed by atoms with Gasteiger partial charge >= 0.3 is 0 Å². The predicted molar refractivity (Wildman–Crippen MR) is 237 cm³/mol. The fraction of sp³-hybridized carbons (Fsp3) is 0.279. The standard InChI is InChI=1S/C43H45N9O7S3/c1-61(55,56)38-25-33(13-14-36(38)45-31(16-18-50-21-23-59-24-22-50)29-60-32-8-3-2-4-9-32)62(57,58)49-43(54)37-11-6-12-40(46-37)51-19-15-30-7-5-10-34(35(30)27-51)42(53)48-39-28-52-20-17-44-26-41(52)47-39/h2-14,17,20,25-26,28,31,45H,15-16,18-19,21-24,27,29H2,1H3,(H,48,53)(H,49,54)/t31-/m1/s1. The number of sulfonamides is 1. The number of hydrogen-bond acceptors (Lipinski definition) is 14. The number of thioether (sulfide) groups is 1. The van der Waals surface area contributed by atoms with Crippen LogP contribution in [0.4, 0.5) is 17.3 Å². The van der Waals surface area contributed by atoms with Crippen LogP contribution in [0.25, 0.3) is 5.65 Å². The zero-order valence-corrected chi connectivity index (χ0v) is 36.3. The molecule has 19 heteroatoms. The Morgan fingerprint density at radius 1 is 0.903 bits per heavy atom. The van der Waals surface area contributed by atoms with Crippen LogP contribution in [0.15, 0.2) is 124 Å². The van der Waals surface area contributed by atoms with Crippen molar-refractivity contribution < 1.29 is 31.2 Å². The van der Waals surface area contributed by atoms with Gasteiger partial charge in [0.05, 0.1) is 41.1 Å². The first-order valence-corrected chi connectivity index (χ1v) is 24.3. The number of anilines is 3. The summed E-state index contributed by atoms with van der Waals surface area (Å²) in [7, 11) is -8.49. The molecule has 0 radical (unpaired) electrons. The Bertz CT molecular complexity index is 2790. The molecule has 2 aliphatic heterocycles. The van der Waals surface area contributed by atoms with E-state index in [2.05, 4.69) is 35.2 Å². The van der Waals surface area contributed by atoms with Gasteiger partial charge in [0.1, 0.15) is 11.5 Å². The van der Waals surface area contributed by atoms with Crippen LogP contribution in [0, 0.1) is 0 Å². The van der Waals surface area contributed by atoms with Gasteiger partial charge in [-0.3, -0.25) is 19.5 Å². The molecule has 3 N–H and O–H groups in total. The number of rotatable bonds is 15. The zero-order valence-electron chi connectivity index (χ0n) is 33.8. The number of morpholine rings is 1. The topological polar surface area (TPSA) is 197 Å². The van der Waals surface area contributed by atoms with Gasteiger partial charge in [0.2, 0.25) is 0 Å². The predicted octanol–water partition coefficient (Wildman–Crippen LogP) is 4.76. The second-order valence-electron chi connectivity index (χ2n) is 15.0. The van der Waals surface area contributed by atoms with E-state index in [1.807, 2.05) is 47.4 Å². The average Bonchev–Trinajstić information content (AvgIpc) is 3.69. The Labute approximate surface area is 364 Å². The molecular formula is C43H45N9O7S3. The molecule has 0 unspecified atom stereocenters. The van der Waals surface area contributed by atoms with Gasteiger partial charge < -0.3 is 24.7 Å². The molecule has 62 heavy (non-hydrogen) atoms. The SMILES string of the molecule is CS(=O)(=O)c1cc(S(=O)(=O)NC(=O)c2cccc(N3CCc4cccc(C(=O)Nc5cn6ccncc6n5)c4C3)n2)ccc1N[C@H](CCN1CCOCC1)CSc1ccccc1. The molecule has 0 aliphatic carbocycles. The number of carbonyl (C=O) groups excluding carboxylic acids is 2. The van der Waals surface area contributed by atoms with Crippen LogP contribution >= 0.6 is 11.8 Å². The van der Waals surface area contributed by atoms with Gasteiger partial charge in [-0.25, -0.2) is 31.5 Å². The summed E-state index contributed by atoms with van der Waals surface area (Å²) >= 11 is 1.64. The molecule has 16 nitrogen and oxygen atoms in total. The third-order valence-electron chi connectivity index (χ3n) is 10.7. The van der Waals surface area contributed by atoms with Gasteiger partial charge in [-0.15, -0.1) is 11.8 Å². The van der Waals surface area contributed by atoms with E-state index in [0.717, 1.165) is 48.0 Å². The highest BCUT2D eigenvalue weighted by atomic mass is 32.2. The van der Waals surface area contributed by atoms with Crippen LogP contribution in [0.5, 0.6) is 0 Å². The number of carbonyl (C=O) groups is 2. The number of nitrogens with zero attached hydrogens (tertiary/aromatic N) is 6. The van der Waals surface area contributed by atoms with Crippen molar-refractivity contribution in [1.82, 2.24) is 29.0 Å². The molecular weight excluding hydrogens is 851 g/mol. The van der Waals surface area contributed by atoms with Crippen LogP contribution in [-0.4, -0.2) is 110 Å². The molecule has 1 fully saturated rings. The Morgan fingerprint density at radius 3 is 2.50 bits per heavy atom. The van der Waals surface area contributed by atoms with Crippen LogP contribution in [0.3, 0.4) is 0 Å². The number of imidazole rings is 1. The quantitative estimate of drug-likeness (QED) is 0.119. The fourth-order valence-electron chi connectivity index (χ4n) is 7.42. The highest BCUT2D eigenvalue weighted by Crippen LogP contribution is 2.30. The molecule has 322 valence electrons. The molecule has 0 bridgehead atoms. The minimum Gasteiger partial charge on any atom is -0.380 e. The number of amides is 2. The van der Waals surface area contributed by atoms with Gasteiger partial charge in [-0.1, -0.05) is 36.4 Å². The number of fused-ring (bicyclic) bond motifs is 2. The second kappa shape index (κ2) is 18.6. The lowest BCUT2D eigenvalue weighted by Crippen LogP contribution is -2.39. The minimum absolute atomic E-state index is 0.162. The molecule has 3 aromatic carbocycles. The maximum absolute atomic E-state index is 13.7. The van der Waals surface area contributed by atoms with Crippen molar-refractivity contribution in [3.63, 3.8) is 0 Å². The van der Waals surface area contributed by atoms with E-state index in [1.165, 1.54) is 18.2 Å².